The second-order valence-corrected chi connectivity index (χ2v) is 15.6. The second-order valence-electron chi connectivity index (χ2n) is 13.5. The van der Waals surface area contributed by atoms with Crippen LogP contribution in [-0.2, 0) is 0 Å². The van der Waals surface area contributed by atoms with Crippen molar-refractivity contribution in [1.82, 2.24) is 4.98 Å². The van der Waals surface area contributed by atoms with Crippen molar-refractivity contribution in [2.45, 2.75) is 0 Å². The van der Waals surface area contributed by atoms with Crippen molar-refractivity contribution < 1.29 is 4.42 Å². The molecule has 0 saturated heterocycles. The van der Waals surface area contributed by atoms with E-state index in [2.05, 4.69) is 169 Å². The van der Waals surface area contributed by atoms with Crippen molar-refractivity contribution in [1.29, 1.82) is 0 Å². The number of benzene rings is 8. The van der Waals surface area contributed by atoms with E-state index in [4.69, 9.17) is 9.40 Å². The molecule has 0 fully saturated rings. The first-order chi connectivity index (χ1) is 26.7. The molecule has 0 atom stereocenters. The topological polar surface area (TPSA) is 29.3 Å². The Morgan fingerprint density at radius 1 is 0.407 bits per heavy atom. The Kier molecular flexibility index (Phi) is 7.22. The van der Waals surface area contributed by atoms with E-state index in [0.29, 0.717) is 0 Å². The van der Waals surface area contributed by atoms with Crippen LogP contribution < -0.4 is 4.90 Å². The van der Waals surface area contributed by atoms with Crippen molar-refractivity contribution in [2.24, 2.45) is 0 Å². The Hall–Kier alpha value is -6.53. The van der Waals surface area contributed by atoms with Gasteiger partial charge in [0.15, 0.2) is 0 Å². The highest BCUT2D eigenvalue weighted by atomic mass is 32.1. The summed E-state index contributed by atoms with van der Waals surface area (Å²) in [5.41, 5.74) is 11.7. The molecule has 0 bridgehead atoms. The average molecular weight is 727 g/mol. The summed E-state index contributed by atoms with van der Waals surface area (Å²) in [7, 11) is 0. The third-order valence-electron chi connectivity index (χ3n) is 10.3. The Morgan fingerprint density at radius 2 is 1.07 bits per heavy atom. The summed E-state index contributed by atoms with van der Waals surface area (Å²) in [6.07, 6.45) is 0. The number of hydrogen-bond acceptors (Lipinski definition) is 5. The zero-order chi connectivity index (χ0) is 35.6. The van der Waals surface area contributed by atoms with Gasteiger partial charge in [-0.1, -0.05) is 121 Å². The van der Waals surface area contributed by atoms with Crippen LogP contribution in [0.2, 0.25) is 0 Å². The minimum Gasteiger partial charge on any atom is -0.456 e. The summed E-state index contributed by atoms with van der Waals surface area (Å²) in [5, 5.41) is 5.75. The maximum atomic E-state index is 6.49. The zero-order valence-corrected chi connectivity index (χ0v) is 30.6. The number of furan rings is 1. The molecule has 8 aromatic carbocycles. The Balaban J connectivity index is 1.11. The van der Waals surface area contributed by atoms with Crippen LogP contribution in [0.3, 0.4) is 0 Å². The first kappa shape index (κ1) is 31.0. The molecule has 11 aromatic rings. The number of rotatable bonds is 6. The molecular formula is C49H30N2OS2. The van der Waals surface area contributed by atoms with E-state index in [1.165, 1.54) is 31.3 Å². The van der Waals surface area contributed by atoms with Crippen LogP contribution in [0, 0.1) is 0 Å². The highest BCUT2D eigenvalue weighted by Crippen LogP contribution is 2.46. The van der Waals surface area contributed by atoms with Gasteiger partial charge in [-0.2, -0.15) is 0 Å². The number of anilines is 3. The van der Waals surface area contributed by atoms with E-state index >= 15 is 0 Å². The molecule has 0 radical (unpaired) electrons. The van der Waals surface area contributed by atoms with Crippen LogP contribution in [0.5, 0.6) is 0 Å². The van der Waals surface area contributed by atoms with Gasteiger partial charge in [0.2, 0.25) is 0 Å². The Bertz CT molecular complexity index is 3160. The van der Waals surface area contributed by atoms with Gasteiger partial charge in [-0.25, -0.2) is 4.98 Å². The number of fused-ring (bicyclic) bond motifs is 7. The van der Waals surface area contributed by atoms with E-state index in [-0.39, 0.29) is 0 Å². The quantitative estimate of drug-likeness (QED) is 0.171. The van der Waals surface area contributed by atoms with Crippen molar-refractivity contribution in [2.75, 3.05) is 4.90 Å². The minimum absolute atomic E-state index is 0.877. The highest BCUT2D eigenvalue weighted by molar-refractivity contribution is 7.25. The first-order valence-corrected chi connectivity index (χ1v) is 19.7. The summed E-state index contributed by atoms with van der Waals surface area (Å²) < 4.78 is 10.2. The Morgan fingerprint density at radius 3 is 1.91 bits per heavy atom. The number of aromatic nitrogens is 1. The maximum absolute atomic E-state index is 6.49. The highest BCUT2D eigenvalue weighted by Gasteiger charge is 2.21. The standard InChI is InChI=1S/C49H30N2OS2/c1-3-12-31(13-4-1)34-16-11-17-36(28-34)51(37-26-27-44-40(29-37)38-18-8-10-21-43(38)53-44)35-24-22-32(23-25-35)46-47-39-19-7-9-20-41(39)52-42(47)30-45-48(46)50-49(54-45)33-14-5-2-6-15-33/h1-30H. The molecule has 3 aromatic heterocycles. The average Bonchev–Trinajstić information content (AvgIpc) is 3.94. The van der Waals surface area contributed by atoms with Gasteiger partial charge >= 0.3 is 0 Å². The predicted molar refractivity (Wildman–Crippen MR) is 231 cm³/mol. The molecule has 0 unspecified atom stereocenters. The van der Waals surface area contributed by atoms with E-state index in [1.807, 2.05) is 29.5 Å². The molecule has 5 heteroatoms. The smallest absolute Gasteiger partial charge is 0.137 e. The van der Waals surface area contributed by atoms with E-state index in [1.54, 1.807) is 11.3 Å². The molecule has 0 amide bonds. The van der Waals surface area contributed by atoms with E-state index in [0.717, 1.165) is 70.9 Å². The van der Waals surface area contributed by atoms with Gasteiger partial charge in [-0.05, 0) is 71.3 Å². The lowest BCUT2D eigenvalue weighted by Crippen LogP contribution is -2.10. The molecular weight excluding hydrogens is 697 g/mol. The molecule has 0 saturated carbocycles. The van der Waals surface area contributed by atoms with Crippen LogP contribution in [0.15, 0.2) is 186 Å². The normalized spacial score (nSPS) is 11.7. The van der Waals surface area contributed by atoms with Crippen LogP contribution in [0.4, 0.5) is 17.1 Å². The van der Waals surface area contributed by atoms with Crippen molar-refractivity contribution in [3.05, 3.63) is 182 Å². The van der Waals surface area contributed by atoms with Crippen LogP contribution >= 0.6 is 22.7 Å². The number of thiazole rings is 1. The zero-order valence-electron chi connectivity index (χ0n) is 28.9. The Labute approximate surface area is 319 Å². The lowest BCUT2D eigenvalue weighted by atomic mass is 9.97. The van der Waals surface area contributed by atoms with Gasteiger partial charge in [-0.3, -0.25) is 0 Å². The van der Waals surface area contributed by atoms with E-state index < -0.39 is 0 Å². The molecule has 11 rings (SSSR count). The third kappa shape index (κ3) is 5.12. The second kappa shape index (κ2) is 12.6. The molecule has 0 aliphatic rings. The van der Waals surface area contributed by atoms with Crippen LogP contribution in [0.1, 0.15) is 0 Å². The summed E-state index contributed by atoms with van der Waals surface area (Å²) >= 11 is 3.55. The predicted octanol–water partition coefficient (Wildman–Crippen LogP) is 15.0. The molecule has 0 spiro atoms. The fourth-order valence-corrected chi connectivity index (χ4v) is 9.88. The molecule has 54 heavy (non-hydrogen) atoms. The number of thiophene rings is 1. The van der Waals surface area contributed by atoms with Gasteiger partial charge in [0.05, 0.1) is 10.2 Å². The molecule has 0 aliphatic carbocycles. The molecule has 0 aliphatic heterocycles. The lowest BCUT2D eigenvalue weighted by Gasteiger charge is -2.26. The maximum Gasteiger partial charge on any atom is 0.137 e. The summed E-state index contributed by atoms with van der Waals surface area (Å²) in [4.78, 5) is 7.68. The molecule has 3 nitrogen and oxygen atoms in total. The first-order valence-electron chi connectivity index (χ1n) is 18.0. The molecule has 3 heterocycles. The number of para-hydroxylation sites is 1. The largest absolute Gasteiger partial charge is 0.456 e. The van der Waals surface area contributed by atoms with Gasteiger partial charge < -0.3 is 9.32 Å². The monoisotopic (exact) mass is 726 g/mol. The van der Waals surface area contributed by atoms with Crippen LogP contribution in [0.25, 0.3) is 85.2 Å². The van der Waals surface area contributed by atoms with Crippen molar-refractivity contribution >= 4 is 92.1 Å². The fraction of sp³-hybridized carbons (Fsp3) is 0. The van der Waals surface area contributed by atoms with Crippen LogP contribution in [-0.4, -0.2) is 4.98 Å². The van der Waals surface area contributed by atoms with Gasteiger partial charge in [0.1, 0.15) is 16.2 Å². The summed E-state index contributed by atoms with van der Waals surface area (Å²) in [6.45, 7) is 0. The van der Waals surface area contributed by atoms with Gasteiger partial charge in [0, 0.05) is 65.2 Å². The number of nitrogens with zero attached hydrogens (tertiary/aromatic N) is 2. The molecule has 0 N–H and O–H groups in total. The van der Waals surface area contributed by atoms with Crippen molar-refractivity contribution in [3.8, 4) is 32.8 Å². The number of hydrogen-bond donors (Lipinski definition) is 0. The third-order valence-corrected chi connectivity index (χ3v) is 12.5. The van der Waals surface area contributed by atoms with Gasteiger partial charge in [0.25, 0.3) is 0 Å². The SMILES string of the molecule is c1ccc(-c2cccc(N(c3ccc(-c4c5nc(-c6ccccc6)sc5cc5oc6ccccc6c45)cc3)c3ccc4sc5ccccc5c4c3)c2)cc1. The summed E-state index contributed by atoms with van der Waals surface area (Å²) in [6, 6.07) is 64.9. The van der Waals surface area contributed by atoms with Gasteiger partial charge in [-0.15, -0.1) is 22.7 Å². The lowest BCUT2D eigenvalue weighted by molar-refractivity contribution is 0.669. The minimum atomic E-state index is 0.877. The van der Waals surface area contributed by atoms with Crippen molar-refractivity contribution in [3.63, 3.8) is 0 Å². The fourth-order valence-electron chi connectivity index (χ4n) is 7.79. The van der Waals surface area contributed by atoms with E-state index in [9.17, 15) is 0 Å². The molecule has 254 valence electrons. The summed E-state index contributed by atoms with van der Waals surface area (Å²) in [5.74, 6) is 0.